The van der Waals surface area contributed by atoms with Crippen LogP contribution in [0.2, 0.25) is 0 Å². The van der Waals surface area contributed by atoms with E-state index in [4.69, 9.17) is 24.0 Å². The molecule has 3 aromatic rings. The number of nitrogens with zero attached hydrogens (tertiary/aromatic N) is 3. The molecule has 4 heterocycles. The van der Waals surface area contributed by atoms with Gasteiger partial charge < -0.3 is 55.1 Å². The first-order valence-electron chi connectivity index (χ1n) is 23.9. The normalized spacial score (nSPS) is 30.6. The number of phenols is 3. The molecule has 2 amide bonds. The van der Waals surface area contributed by atoms with E-state index < -0.39 is 88.8 Å². The minimum Gasteiger partial charge on any atom is -0.507 e. The van der Waals surface area contributed by atoms with Gasteiger partial charge in [0.2, 0.25) is 5.91 Å². The fourth-order valence-electron chi connectivity index (χ4n) is 9.93. The number of phenolic OH excluding ortho intramolecular Hbond substituents is 3. The van der Waals surface area contributed by atoms with E-state index in [0.717, 1.165) is 5.56 Å². The van der Waals surface area contributed by atoms with Crippen molar-refractivity contribution >= 4 is 51.9 Å². The van der Waals surface area contributed by atoms with Crippen molar-refractivity contribution in [3.63, 3.8) is 0 Å². The molecule has 7 rings (SSSR count). The summed E-state index contributed by atoms with van der Waals surface area (Å²) in [6.07, 6.45) is 4.76. The molecular weight excluding hydrogens is 915 g/mol. The molecule has 0 aromatic heterocycles. The highest BCUT2D eigenvalue weighted by atomic mass is 16.7. The van der Waals surface area contributed by atoms with Gasteiger partial charge in [-0.3, -0.25) is 29.1 Å². The molecule has 3 aromatic carbocycles. The number of ketones is 1. The van der Waals surface area contributed by atoms with Gasteiger partial charge in [0.05, 0.1) is 65.1 Å². The molecule has 0 aliphatic carbocycles. The van der Waals surface area contributed by atoms with E-state index in [-0.39, 0.29) is 62.5 Å². The second-order valence-electron chi connectivity index (χ2n) is 19.5. The Balaban J connectivity index is 1.45. The van der Waals surface area contributed by atoms with Crippen LogP contribution in [0.3, 0.4) is 0 Å². The number of esters is 1. The number of hydrazone groups is 1. The maximum atomic E-state index is 14.7. The lowest BCUT2D eigenvalue weighted by molar-refractivity contribution is -0.160. The Morgan fingerprint density at radius 1 is 0.901 bits per heavy atom. The van der Waals surface area contributed by atoms with Crippen LogP contribution in [-0.4, -0.2) is 128 Å². The Kier molecular flexibility index (Phi) is 16.6. The molecule has 18 heteroatoms. The van der Waals surface area contributed by atoms with E-state index >= 15 is 0 Å². The first-order chi connectivity index (χ1) is 33.4. The quantitative estimate of drug-likeness (QED) is 0.0567. The number of hydrogen-bond acceptors (Lipinski definition) is 16. The molecule has 1 fully saturated rings. The topological polar surface area (TPSA) is 249 Å². The fourth-order valence-corrected chi connectivity index (χ4v) is 9.93. The standard InChI is InChI=1S/C53H69N5O13/c1-26-14-13-15-27(2)52(67)56-43-38(22-54-58-28(3)23-57(24-29(58)4)25-36-16-18-37(19-17-36)55-34(9)59)47(64)40-41(48(43)65)46(63)33(8)50-42(40)51(66)53(11,71-50)69-21-20-39(68-12)30(5)49(70-35(10)60)32(7)45(62)31(6)44(26)61/h13-22,26,28-32,39,44-45,49,61-65H,23-25H2,1-12H3,(H,55,59)(H,56,67)/b14-13+,21-20+,27-15-,54-22-/t26-,28?,29?,30+,31+,32+,39-,44-,45+,49+,53-/m0/s1. The number of methoxy groups -OCH3 is 1. The molecule has 1 saturated heterocycles. The van der Waals surface area contributed by atoms with Crippen molar-refractivity contribution in [1.82, 2.24) is 9.91 Å². The molecule has 0 spiro atoms. The summed E-state index contributed by atoms with van der Waals surface area (Å²) in [6.45, 7) is 19.8. The Bertz CT molecular complexity index is 2630. The molecule has 4 aliphatic rings. The lowest BCUT2D eigenvalue weighted by Gasteiger charge is -2.42. The number of amides is 2. The molecule has 4 aliphatic heterocycles. The number of anilines is 2. The largest absolute Gasteiger partial charge is 0.507 e. The summed E-state index contributed by atoms with van der Waals surface area (Å²) in [5.41, 5.74) is 1.25. The average molecular weight is 984 g/mol. The Labute approximate surface area is 414 Å². The summed E-state index contributed by atoms with van der Waals surface area (Å²) in [5, 5.41) is 71.0. The highest BCUT2D eigenvalue weighted by molar-refractivity contribution is 6.24. The van der Waals surface area contributed by atoms with Crippen molar-refractivity contribution < 1.29 is 63.7 Å². The van der Waals surface area contributed by atoms with Crippen LogP contribution in [0.25, 0.3) is 10.8 Å². The van der Waals surface area contributed by atoms with Crippen LogP contribution in [0, 0.1) is 30.6 Å². The zero-order valence-electron chi connectivity index (χ0n) is 42.5. The molecule has 0 radical (unpaired) electrons. The number of aromatic hydroxyl groups is 3. The van der Waals surface area contributed by atoms with E-state index in [0.29, 0.717) is 25.3 Å². The molecule has 5 bridgehead atoms. The van der Waals surface area contributed by atoms with Crippen LogP contribution in [0.15, 0.2) is 65.5 Å². The summed E-state index contributed by atoms with van der Waals surface area (Å²) in [5.74, 6) is -8.81. The van der Waals surface area contributed by atoms with Crippen molar-refractivity contribution in [2.75, 3.05) is 30.8 Å². The summed E-state index contributed by atoms with van der Waals surface area (Å²) in [7, 11) is 1.43. The predicted octanol–water partition coefficient (Wildman–Crippen LogP) is 6.64. The van der Waals surface area contributed by atoms with Gasteiger partial charge in [0.1, 0.15) is 23.4 Å². The monoisotopic (exact) mass is 983 g/mol. The highest BCUT2D eigenvalue weighted by Gasteiger charge is 2.50. The maximum absolute atomic E-state index is 14.7. The lowest BCUT2D eigenvalue weighted by Crippen LogP contribution is -2.54. The third-order valence-electron chi connectivity index (χ3n) is 14.0. The number of fused-ring (bicyclic) bond motifs is 14. The SMILES string of the molecule is CO[C@H]1/C=C/O[C@@]2(C)Oc3c(C)c(O)c4c(O)c(c(/C=N\N5C(C)CN(Cc6ccc(NC(C)=O)cc6)CC5C)c(O)c4c3C2=O)NC(=O)/C(C)=C\C=C\[C@H](C)[C@H](O)[C@@H](C)[C@@H](O)[C@@H](C)[C@H](OC(C)=O)[C@@H]1C. The number of allylic oxidation sites excluding steroid dienone is 2. The maximum Gasteiger partial charge on any atom is 0.312 e. The van der Waals surface area contributed by atoms with Gasteiger partial charge in [-0.05, 0) is 51.5 Å². The van der Waals surface area contributed by atoms with E-state index in [1.807, 2.05) is 43.1 Å². The molecule has 7 N–H and O–H groups in total. The number of aliphatic hydroxyl groups is 2. The number of ether oxygens (including phenoxy) is 4. The van der Waals surface area contributed by atoms with Gasteiger partial charge in [0.25, 0.3) is 11.7 Å². The van der Waals surface area contributed by atoms with Crippen molar-refractivity contribution in [3.05, 3.63) is 82.7 Å². The molecule has 384 valence electrons. The van der Waals surface area contributed by atoms with Crippen molar-refractivity contribution in [2.45, 2.75) is 125 Å². The fraction of sp³-hybridized carbons (Fsp3) is 0.491. The number of Topliss-reactive ketones (excluding diaryl/α,β-unsaturated/α-hetero) is 1. The van der Waals surface area contributed by atoms with Gasteiger partial charge in [0.15, 0.2) is 5.75 Å². The van der Waals surface area contributed by atoms with Crippen LogP contribution in [-0.2, 0) is 35.1 Å². The van der Waals surface area contributed by atoms with Crippen LogP contribution >= 0.6 is 0 Å². The van der Waals surface area contributed by atoms with Crippen LogP contribution in [0.1, 0.15) is 96.3 Å². The zero-order chi connectivity index (χ0) is 52.4. The van der Waals surface area contributed by atoms with Gasteiger partial charge in [-0.1, -0.05) is 58.1 Å². The van der Waals surface area contributed by atoms with Gasteiger partial charge in [-0.25, -0.2) is 0 Å². The highest BCUT2D eigenvalue weighted by Crippen LogP contribution is 2.55. The molecule has 0 saturated carbocycles. The molecule has 2 unspecified atom stereocenters. The predicted molar refractivity (Wildman–Crippen MR) is 268 cm³/mol. The Morgan fingerprint density at radius 2 is 1.55 bits per heavy atom. The second-order valence-corrected chi connectivity index (χ2v) is 19.5. The first kappa shape index (κ1) is 53.9. The summed E-state index contributed by atoms with van der Waals surface area (Å²) in [6, 6.07) is 7.28. The van der Waals surface area contributed by atoms with Crippen molar-refractivity contribution in [2.24, 2.45) is 28.8 Å². The van der Waals surface area contributed by atoms with E-state index in [1.165, 1.54) is 66.4 Å². The third kappa shape index (κ3) is 11.2. The average Bonchev–Trinajstić information content (AvgIpc) is 3.58. The van der Waals surface area contributed by atoms with Crippen LogP contribution in [0.5, 0.6) is 23.0 Å². The smallest absolute Gasteiger partial charge is 0.312 e. The second kappa shape index (κ2) is 21.9. The summed E-state index contributed by atoms with van der Waals surface area (Å²) < 4.78 is 23.8. The molecule has 18 nitrogen and oxygen atoms in total. The number of rotatable bonds is 7. The van der Waals surface area contributed by atoms with Crippen LogP contribution < -0.4 is 15.4 Å². The van der Waals surface area contributed by atoms with Gasteiger partial charge in [-0.2, -0.15) is 5.10 Å². The lowest BCUT2D eigenvalue weighted by atomic mass is 9.78. The summed E-state index contributed by atoms with van der Waals surface area (Å²) in [4.78, 5) is 54.9. The number of aliphatic hydroxyl groups excluding tert-OH is 2. The third-order valence-corrected chi connectivity index (χ3v) is 14.0. The molecular formula is C53H69N5O13. The van der Waals surface area contributed by atoms with E-state index in [9.17, 15) is 44.7 Å². The number of hydrogen-bond donors (Lipinski definition) is 7. The number of nitrogens with one attached hydrogen (secondary N) is 2. The van der Waals surface area contributed by atoms with Crippen molar-refractivity contribution in [3.8, 4) is 23.0 Å². The summed E-state index contributed by atoms with van der Waals surface area (Å²) >= 11 is 0. The minimum atomic E-state index is -2.09. The minimum absolute atomic E-state index is 0.0344. The van der Waals surface area contributed by atoms with Crippen LogP contribution in [0.4, 0.5) is 11.4 Å². The number of carbonyl (C=O) groups is 4. The van der Waals surface area contributed by atoms with E-state index in [1.54, 1.807) is 39.8 Å². The van der Waals surface area contributed by atoms with Gasteiger partial charge >= 0.3 is 11.8 Å². The Morgan fingerprint density at radius 3 is 2.15 bits per heavy atom. The molecule has 11 atom stereocenters. The first-order valence-corrected chi connectivity index (χ1v) is 23.9. The molecule has 71 heavy (non-hydrogen) atoms. The van der Waals surface area contributed by atoms with E-state index in [2.05, 4.69) is 15.5 Å². The van der Waals surface area contributed by atoms with Crippen molar-refractivity contribution in [1.29, 1.82) is 0 Å². The van der Waals surface area contributed by atoms with Gasteiger partial charge in [0, 0.05) is 93.4 Å². The number of carbonyl (C=O) groups excluding carboxylic acids is 4. The van der Waals surface area contributed by atoms with Gasteiger partial charge in [-0.15, -0.1) is 0 Å². The number of benzene rings is 3. The Hall–Kier alpha value is -6.47. The zero-order valence-corrected chi connectivity index (χ0v) is 42.5. The number of piperazine rings is 1.